The van der Waals surface area contributed by atoms with Gasteiger partial charge in [0.05, 0.1) is 5.75 Å². The van der Waals surface area contributed by atoms with E-state index in [0.717, 1.165) is 27.6 Å². The van der Waals surface area contributed by atoms with Gasteiger partial charge in [-0.05, 0) is 54.5 Å². The van der Waals surface area contributed by atoms with E-state index < -0.39 is 10.0 Å². The lowest BCUT2D eigenvalue weighted by molar-refractivity contribution is 0.580. The van der Waals surface area contributed by atoms with Gasteiger partial charge < -0.3 is 4.98 Å². The molecule has 0 fully saturated rings. The van der Waals surface area contributed by atoms with Gasteiger partial charge in [0.15, 0.2) is 0 Å². The Morgan fingerprint density at radius 1 is 1.00 bits per heavy atom. The first-order chi connectivity index (χ1) is 12.3. The number of H-pyrrole nitrogens is 1. The molecule has 1 heterocycles. The Balaban J connectivity index is 1.68. The van der Waals surface area contributed by atoms with Crippen molar-refractivity contribution in [3.63, 3.8) is 0 Å². The van der Waals surface area contributed by atoms with Crippen LogP contribution in [0.15, 0.2) is 53.3 Å². The molecular formula is C20H22N2O3S. The van der Waals surface area contributed by atoms with Gasteiger partial charge in [0, 0.05) is 17.6 Å². The minimum Gasteiger partial charge on any atom is -0.322 e. The van der Waals surface area contributed by atoms with Crippen LogP contribution in [0.1, 0.15) is 22.3 Å². The highest BCUT2D eigenvalue weighted by Crippen LogP contribution is 2.13. The molecule has 3 rings (SSSR count). The number of hydrogen-bond donors (Lipinski definition) is 2. The van der Waals surface area contributed by atoms with Crippen LogP contribution in [0.2, 0.25) is 0 Å². The first-order valence-electron chi connectivity index (χ1n) is 8.48. The second-order valence-corrected chi connectivity index (χ2v) is 8.35. The summed E-state index contributed by atoms with van der Waals surface area (Å²) in [5, 5.41) is 0.938. The Hall–Kier alpha value is -2.44. The van der Waals surface area contributed by atoms with Gasteiger partial charge in [-0.15, -0.1) is 0 Å². The number of aromatic amines is 1. The number of pyridine rings is 1. The number of aromatic nitrogens is 1. The van der Waals surface area contributed by atoms with Crippen LogP contribution in [-0.2, 0) is 22.2 Å². The maximum absolute atomic E-state index is 12.3. The average Bonchev–Trinajstić information content (AvgIpc) is 2.57. The molecule has 0 unspecified atom stereocenters. The number of aryl methyl sites for hydroxylation is 2. The minimum atomic E-state index is -3.45. The Morgan fingerprint density at radius 2 is 1.77 bits per heavy atom. The fourth-order valence-corrected chi connectivity index (χ4v) is 4.16. The highest BCUT2D eigenvalue weighted by molar-refractivity contribution is 7.88. The molecule has 3 aromatic rings. The maximum atomic E-state index is 12.3. The van der Waals surface area contributed by atoms with Gasteiger partial charge in [0.2, 0.25) is 10.0 Å². The quantitative estimate of drug-likeness (QED) is 0.700. The Morgan fingerprint density at radius 3 is 2.54 bits per heavy atom. The van der Waals surface area contributed by atoms with Crippen LogP contribution in [0.3, 0.4) is 0 Å². The summed E-state index contributed by atoms with van der Waals surface area (Å²) < 4.78 is 27.1. The van der Waals surface area contributed by atoms with E-state index in [0.29, 0.717) is 12.0 Å². The molecule has 0 atom stereocenters. The summed E-state index contributed by atoms with van der Waals surface area (Å²) in [6.07, 6.45) is 0.339. The van der Waals surface area contributed by atoms with Crippen LogP contribution in [0.5, 0.6) is 0 Å². The molecule has 0 amide bonds. The van der Waals surface area contributed by atoms with Crippen molar-refractivity contribution < 1.29 is 8.42 Å². The van der Waals surface area contributed by atoms with Crippen molar-refractivity contribution in [1.29, 1.82) is 0 Å². The minimum absolute atomic E-state index is 0.0625. The summed E-state index contributed by atoms with van der Waals surface area (Å²) in [4.78, 5) is 15.1. The smallest absolute Gasteiger partial charge is 0.251 e. The Labute approximate surface area is 153 Å². The molecule has 0 aliphatic heterocycles. The second-order valence-electron chi connectivity index (χ2n) is 6.54. The SMILES string of the molecule is Cc1ccc2cc(CCNS(=O)(=O)Cc3ccccc3C)c(=O)[nH]c2c1. The molecule has 2 N–H and O–H groups in total. The van der Waals surface area contributed by atoms with E-state index in [4.69, 9.17) is 0 Å². The summed E-state index contributed by atoms with van der Waals surface area (Å²) in [6.45, 7) is 4.05. The van der Waals surface area contributed by atoms with Crippen molar-refractivity contribution >= 4 is 20.9 Å². The summed E-state index contributed by atoms with van der Waals surface area (Å²) >= 11 is 0. The zero-order valence-corrected chi connectivity index (χ0v) is 15.7. The van der Waals surface area contributed by atoms with Crippen molar-refractivity contribution in [2.24, 2.45) is 0 Å². The summed E-state index contributed by atoms with van der Waals surface area (Å²) in [5.74, 6) is -0.0625. The number of benzene rings is 2. The maximum Gasteiger partial charge on any atom is 0.251 e. The van der Waals surface area contributed by atoms with E-state index in [2.05, 4.69) is 9.71 Å². The van der Waals surface area contributed by atoms with Crippen LogP contribution in [-0.4, -0.2) is 19.9 Å². The first kappa shape index (κ1) is 18.4. The first-order valence-corrected chi connectivity index (χ1v) is 10.1. The second kappa shape index (κ2) is 7.43. The monoisotopic (exact) mass is 370 g/mol. The van der Waals surface area contributed by atoms with Gasteiger partial charge in [0.25, 0.3) is 5.56 Å². The lowest BCUT2D eigenvalue weighted by atomic mass is 10.1. The summed E-state index contributed by atoms with van der Waals surface area (Å²) in [5.41, 5.74) is 3.97. The van der Waals surface area contributed by atoms with E-state index in [1.54, 1.807) is 0 Å². The predicted octanol–water partition coefficient (Wildman–Crippen LogP) is 2.81. The van der Waals surface area contributed by atoms with Crippen molar-refractivity contribution in [2.45, 2.75) is 26.0 Å². The van der Waals surface area contributed by atoms with Crippen molar-refractivity contribution in [1.82, 2.24) is 9.71 Å². The number of rotatable bonds is 6. The van der Waals surface area contributed by atoms with Crippen LogP contribution in [0.4, 0.5) is 0 Å². The Kier molecular flexibility index (Phi) is 5.25. The molecule has 0 bridgehead atoms. The molecule has 0 aliphatic carbocycles. The van der Waals surface area contributed by atoms with Gasteiger partial charge in [-0.3, -0.25) is 4.79 Å². The van der Waals surface area contributed by atoms with Crippen LogP contribution >= 0.6 is 0 Å². The van der Waals surface area contributed by atoms with Gasteiger partial charge in [0.1, 0.15) is 0 Å². The third-order valence-corrected chi connectivity index (χ3v) is 5.74. The lowest BCUT2D eigenvalue weighted by Crippen LogP contribution is -2.29. The number of hydrogen-bond acceptors (Lipinski definition) is 3. The zero-order valence-electron chi connectivity index (χ0n) is 14.9. The van der Waals surface area contributed by atoms with E-state index in [1.807, 2.05) is 62.4 Å². The fourth-order valence-electron chi connectivity index (χ4n) is 2.91. The highest BCUT2D eigenvalue weighted by atomic mass is 32.2. The molecule has 0 spiro atoms. The Bertz CT molecular complexity index is 1100. The molecule has 0 saturated carbocycles. The third-order valence-electron chi connectivity index (χ3n) is 4.40. The van der Waals surface area contributed by atoms with Crippen LogP contribution < -0.4 is 10.3 Å². The number of fused-ring (bicyclic) bond motifs is 1. The van der Waals surface area contributed by atoms with Gasteiger partial charge in [-0.1, -0.05) is 36.4 Å². The number of sulfonamides is 1. The van der Waals surface area contributed by atoms with Gasteiger partial charge >= 0.3 is 0 Å². The summed E-state index contributed by atoms with van der Waals surface area (Å²) in [7, 11) is -3.45. The molecule has 0 saturated heterocycles. The molecule has 0 radical (unpaired) electrons. The van der Waals surface area contributed by atoms with Crippen LogP contribution in [0.25, 0.3) is 10.9 Å². The molecule has 5 nitrogen and oxygen atoms in total. The molecular weight excluding hydrogens is 348 g/mol. The highest BCUT2D eigenvalue weighted by Gasteiger charge is 2.13. The fraction of sp³-hybridized carbons (Fsp3) is 0.250. The molecule has 2 aromatic carbocycles. The van der Waals surface area contributed by atoms with E-state index in [1.165, 1.54) is 0 Å². The van der Waals surface area contributed by atoms with E-state index in [-0.39, 0.29) is 17.9 Å². The normalized spacial score (nSPS) is 11.8. The van der Waals surface area contributed by atoms with Crippen LogP contribution in [0, 0.1) is 13.8 Å². The third kappa shape index (κ3) is 4.39. The van der Waals surface area contributed by atoms with E-state index in [9.17, 15) is 13.2 Å². The van der Waals surface area contributed by atoms with Crippen molar-refractivity contribution in [2.75, 3.05) is 6.54 Å². The topological polar surface area (TPSA) is 79.0 Å². The average molecular weight is 370 g/mol. The molecule has 26 heavy (non-hydrogen) atoms. The molecule has 136 valence electrons. The predicted molar refractivity (Wildman–Crippen MR) is 105 cm³/mol. The zero-order chi connectivity index (χ0) is 18.7. The molecule has 6 heteroatoms. The summed E-state index contributed by atoms with van der Waals surface area (Å²) in [6, 6.07) is 15.1. The van der Waals surface area contributed by atoms with Gasteiger partial charge in [-0.2, -0.15) is 0 Å². The molecule has 0 aliphatic rings. The molecule has 1 aromatic heterocycles. The largest absolute Gasteiger partial charge is 0.322 e. The van der Waals surface area contributed by atoms with Crippen molar-refractivity contribution in [3.05, 3.63) is 81.1 Å². The number of nitrogens with one attached hydrogen (secondary N) is 2. The standard InChI is InChI=1S/C20H22N2O3S/c1-14-7-8-16-12-17(20(23)22-19(16)11-14)9-10-21-26(24,25)13-18-6-4-3-5-15(18)2/h3-8,11-12,21H,9-10,13H2,1-2H3,(H,22,23). The van der Waals surface area contributed by atoms with E-state index >= 15 is 0 Å². The van der Waals surface area contributed by atoms with Gasteiger partial charge in [-0.25, -0.2) is 13.1 Å². The van der Waals surface area contributed by atoms with Crippen molar-refractivity contribution in [3.8, 4) is 0 Å². The lowest BCUT2D eigenvalue weighted by Gasteiger charge is -2.09.